The largest absolute Gasteiger partial charge is 0.489 e. The summed E-state index contributed by atoms with van der Waals surface area (Å²) in [4.78, 5) is 14.7. The summed E-state index contributed by atoms with van der Waals surface area (Å²) in [6, 6.07) is 8.04. The minimum Gasteiger partial charge on any atom is -0.489 e. The van der Waals surface area contributed by atoms with Crippen LogP contribution in [0.4, 0.5) is 6.01 Å². The Hall–Kier alpha value is -2.57. The number of hydrogen-bond donors (Lipinski definition) is 1. The summed E-state index contributed by atoms with van der Waals surface area (Å²) in [5.74, 6) is 2.06. The molecule has 2 aromatic rings. The molecule has 1 aromatic heterocycles. The number of nitrogens with one attached hydrogen (secondary N) is 1. The Morgan fingerprint density at radius 1 is 1.21 bits per heavy atom. The van der Waals surface area contributed by atoms with Crippen molar-refractivity contribution in [3.63, 3.8) is 0 Å². The van der Waals surface area contributed by atoms with Gasteiger partial charge in [0.15, 0.2) is 0 Å². The highest BCUT2D eigenvalue weighted by Crippen LogP contribution is 2.62. The minimum absolute atomic E-state index is 0. The van der Waals surface area contributed by atoms with Crippen LogP contribution in [-0.4, -0.2) is 46.2 Å². The molecule has 148 valence electrons. The Morgan fingerprint density at radius 3 is 2.79 bits per heavy atom. The first kappa shape index (κ1) is 16.4. The SMILES string of the molecule is C[C@@H](Nc1nnc([C@@H]2[C@@H]3Oc4ccccc4[C@@H]32)o1)C(=O)N1CCC2(CC1)CC2.[HH]. The summed E-state index contributed by atoms with van der Waals surface area (Å²) in [5.41, 5.74) is 1.78. The molecule has 1 N–H and O–H groups in total. The van der Waals surface area contributed by atoms with Crippen LogP contribution in [0.3, 0.4) is 0 Å². The fourth-order valence-corrected chi connectivity index (χ4v) is 4.93. The third-order valence-corrected chi connectivity index (χ3v) is 7.02. The van der Waals surface area contributed by atoms with Crippen molar-refractivity contribution in [2.45, 2.75) is 56.6 Å². The predicted octanol–water partition coefficient (Wildman–Crippen LogP) is 3.16. The van der Waals surface area contributed by atoms with E-state index in [9.17, 15) is 4.79 Å². The third-order valence-electron chi connectivity index (χ3n) is 7.02. The molecular formula is C21H26N4O3. The van der Waals surface area contributed by atoms with Crippen LogP contribution in [0.5, 0.6) is 5.75 Å². The smallest absolute Gasteiger partial charge is 0.316 e. The number of carbonyl (C=O) groups excluding carboxylic acids is 1. The second-order valence-electron chi connectivity index (χ2n) is 8.81. The monoisotopic (exact) mass is 382 g/mol. The Balaban J connectivity index is 0.00000181. The van der Waals surface area contributed by atoms with E-state index in [0.717, 1.165) is 31.7 Å². The van der Waals surface area contributed by atoms with Crippen LogP contribution in [0.15, 0.2) is 28.7 Å². The van der Waals surface area contributed by atoms with Gasteiger partial charge in [0.05, 0.1) is 5.92 Å². The third kappa shape index (κ3) is 2.52. The number of aromatic nitrogens is 2. The molecule has 1 aromatic carbocycles. The summed E-state index contributed by atoms with van der Waals surface area (Å²) in [6.07, 6.45) is 5.05. The quantitative estimate of drug-likeness (QED) is 0.875. The maximum absolute atomic E-state index is 12.7. The van der Waals surface area contributed by atoms with E-state index in [4.69, 9.17) is 9.15 Å². The molecule has 7 heteroatoms. The van der Waals surface area contributed by atoms with Gasteiger partial charge in [0.25, 0.3) is 0 Å². The molecule has 28 heavy (non-hydrogen) atoms. The summed E-state index contributed by atoms with van der Waals surface area (Å²) in [5, 5.41) is 11.4. The number of benzene rings is 1. The summed E-state index contributed by atoms with van der Waals surface area (Å²) >= 11 is 0. The number of carbonyl (C=O) groups is 1. The van der Waals surface area contributed by atoms with Gasteiger partial charge in [-0.3, -0.25) is 4.79 Å². The number of fused-ring (bicyclic) bond motifs is 3. The van der Waals surface area contributed by atoms with E-state index in [-0.39, 0.29) is 25.4 Å². The highest BCUT2D eigenvalue weighted by Gasteiger charge is 2.62. The lowest BCUT2D eigenvalue weighted by molar-refractivity contribution is -0.133. The standard InChI is InChI=1S/C21H24N4O3.H2/c1-12(19(26)25-10-8-21(6-7-21)9-11-25)22-20-24-23-18(28-20)16-15-13-4-2-3-5-14(13)27-17(15)16;/h2-5,12,15-17H,6-11H2,1H3,(H,22,24);1H/t12-,15-,16+,17-;/m1./s1. The molecule has 0 radical (unpaired) electrons. The van der Waals surface area contributed by atoms with E-state index >= 15 is 0 Å². The number of nitrogens with zero attached hydrogens (tertiary/aromatic N) is 3. The molecule has 7 nitrogen and oxygen atoms in total. The maximum Gasteiger partial charge on any atom is 0.316 e. The zero-order valence-electron chi connectivity index (χ0n) is 15.9. The Labute approximate surface area is 164 Å². The van der Waals surface area contributed by atoms with Crippen LogP contribution in [0.25, 0.3) is 0 Å². The lowest BCUT2D eigenvalue weighted by atomic mass is 9.93. The Kier molecular flexibility index (Phi) is 3.35. The van der Waals surface area contributed by atoms with E-state index in [0.29, 0.717) is 23.2 Å². The van der Waals surface area contributed by atoms with Crippen molar-refractivity contribution in [1.29, 1.82) is 0 Å². The minimum atomic E-state index is -0.378. The second kappa shape index (κ2) is 5.72. The summed E-state index contributed by atoms with van der Waals surface area (Å²) in [7, 11) is 0. The van der Waals surface area contributed by atoms with Crippen LogP contribution in [0.1, 0.15) is 57.3 Å². The predicted molar refractivity (Wildman–Crippen MR) is 103 cm³/mol. The second-order valence-corrected chi connectivity index (χ2v) is 8.81. The molecule has 2 aliphatic heterocycles. The highest BCUT2D eigenvalue weighted by atomic mass is 16.5. The molecular weight excluding hydrogens is 356 g/mol. The van der Waals surface area contributed by atoms with Crippen molar-refractivity contribution in [2.75, 3.05) is 18.4 Å². The first-order chi connectivity index (χ1) is 13.6. The molecule has 4 atom stereocenters. The molecule has 2 saturated carbocycles. The molecule has 1 amide bonds. The number of anilines is 1. The molecule has 6 rings (SSSR count). The van der Waals surface area contributed by atoms with Gasteiger partial charge >= 0.3 is 6.01 Å². The first-order valence-electron chi connectivity index (χ1n) is 10.3. The van der Waals surface area contributed by atoms with Crippen LogP contribution < -0.4 is 10.1 Å². The molecule has 4 aliphatic rings. The zero-order valence-corrected chi connectivity index (χ0v) is 15.9. The average Bonchev–Trinajstić information content (AvgIpc) is 3.52. The van der Waals surface area contributed by atoms with Crippen LogP contribution in [0, 0.1) is 5.41 Å². The number of likely N-dealkylation sites (tertiary alicyclic amines) is 1. The van der Waals surface area contributed by atoms with Gasteiger partial charge in [0.2, 0.25) is 11.8 Å². The molecule has 3 heterocycles. The number of para-hydroxylation sites is 1. The summed E-state index contributed by atoms with van der Waals surface area (Å²) in [6.45, 7) is 3.59. The first-order valence-corrected chi connectivity index (χ1v) is 10.3. The van der Waals surface area contributed by atoms with Gasteiger partial charge in [0.1, 0.15) is 17.9 Å². The van der Waals surface area contributed by atoms with Crippen LogP contribution in [0.2, 0.25) is 0 Å². The van der Waals surface area contributed by atoms with Crippen molar-refractivity contribution in [3.8, 4) is 5.75 Å². The number of rotatable bonds is 4. The van der Waals surface area contributed by atoms with Crippen LogP contribution >= 0.6 is 0 Å². The van der Waals surface area contributed by atoms with Crippen molar-refractivity contribution >= 4 is 11.9 Å². The zero-order chi connectivity index (χ0) is 18.9. The molecule has 2 aliphatic carbocycles. The van der Waals surface area contributed by atoms with E-state index in [1.54, 1.807) is 0 Å². The topological polar surface area (TPSA) is 80.5 Å². The fraction of sp³-hybridized carbons (Fsp3) is 0.571. The number of ether oxygens (including phenoxy) is 1. The van der Waals surface area contributed by atoms with E-state index in [1.165, 1.54) is 18.4 Å². The van der Waals surface area contributed by atoms with E-state index in [1.807, 2.05) is 30.0 Å². The number of piperidine rings is 1. The summed E-state index contributed by atoms with van der Waals surface area (Å²) < 4.78 is 11.8. The molecule has 1 spiro atoms. The molecule has 0 unspecified atom stereocenters. The van der Waals surface area contributed by atoms with Gasteiger partial charge < -0.3 is 19.4 Å². The van der Waals surface area contributed by atoms with Gasteiger partial charge in [-0.25, -0.2) is 0 Å². The van der Waals surface area contributed by atoms with Gasteiger partial charge in [0, 0.05) is 26.0 Å². The number of amides is 1. The lowest BCUT2D eigenvalue weighted by Crippen LogP contribution is -2.45. The van der Waals surface area contributed by atoms with E-state index in [2.05, 4.69) is 21.6 Å². The maximum atomic E-state index is 12.7. The normalized spacial score (nSPS) is 29.6. The van der Waals surface area contributed by atoms with Crippen molar-refractivity contribution in [2.24, 2.45) is 5.41 Å². The lowest BCUT2D eigenvalue weighted by Gasteiger charge is -2.33. The van der Waals surface area contributed by atoms with Crippen molar-refractivity contribution < 1.29 is 15.4 Å². The molecule has 0 bridgehead atoms. The van der Waals surface area contributed by atoms with Crippen LogP contribution in [-0.2, 0) is 4.79 Å². The van der Waals surface area contributed by atoms with Gasteiger partial charge in [-0.1, -0.05) is 23.3 Å². The van der Waals surface area contributed by atoms with E-state index < -0.39 is 0 Å². The number of hydrogen-bond acceptors (Lipinski definition) is 6. The van der Waals surface area contributed by atoms with Gasteiger partial charge in [-0.05, 0) is 44.1 Å². The Morgan fingerprint density at radius 2 is 2.00 bits per heavy atom. The van der Waals surface area contributed by atoms with Crippen molar-refractivity contribution in [1.82, 2.24) is 15.1 Å². The molecule has 3 fully saturated rings. The Bertz CT molecular complexity index is 934. The van der Waals surface area contributed by atoms with Gasteiger partial charge in [-0.2, -0.15) is 0 Å². The fourth-order valence-electron chi connectivity index (χ4n) is 4.93. The van der Waals surface area contributed by atoms with Gasteiger partial charge in [-0.15, -0.1) is 5.10 Å². The average molecular weight is 382 g/mol. The molecule has 1 saturated heterocycles. The highest BCUT2D eigenvalue weighted by molar-refractivity contribution is 5.83. The van der Waals surface area contributed by atoms with Crippen molar-refractivity contribution in [3.05, 3.63) is 35.7 Å².